The first-order valence-corrected chi connectivity index (χ1v) is 4.75. The molecule has 14 heavy (non-hydrogen) atoms. The molecule has 76 valence electrons. The predicted molar refractivity (Wildman–Crippen MR) is 49.4 cm³/mol. The van der Waals surface area contributed by atoms with Gasteiger partial charge in [0.2, 0.25) is 0 Å². The van der Waals surface area contributed by atoms with Gasteiger partial charge in [-0.15, -0.1) is 0 Å². The summed E-state index contributed by atoms with van der Waals surface area (Å²) in [5.41, 5.74) is 8.99. The van der Waals surface area contributed by atoms with E-state index in [4.69, 9.17) is 23.1 Å². The third-order valence-corrected chi connectivity index (χ3v) is 1.01. The van der Waals surface area contributed by atoms with Crippen LogP contribution in [-0.4, -0.2) is 28.5 Å². The Bertz CT molecular complexity index is 401. The molecule has 1 rings (SSSR count). The zero-order chi connectivity index (χ0) is 11.0. The van der Waals surface area contributed by atoms with Crippen LogP contribution in [-0.2, 0) is 10.4 Å². The van der Waals surface area contributed by atoms with Crippen LogP contribution in [0.3, 0.4) is 0 Å². The van der Waals surface area contributed by atoms with Gasteiger partial charge in [0.05, 0.1) is 5.56 Å². The third kappa shape index (κ3) is 10.5. The average Bonchev–Trinajstić information content (AvgIpc) is 2.03. The lowest BCUT2D eigenvalue weighted by atomic mass is 10.2. The zero-order valence-corrected chi connectivity index (χ0v) is 7.79. The Kier molecular flexibility index (Phi) is 5.35. The largest absolute Gasteiger partial charge is 0.394 e. The second-order valence-corrected chi connectivity index (χ2v) is 3.00. The molecule has 0 fully saturated rings. The summed E-state index contributed by atoms with van der Waals surface area (Å²) in [6.07, 6.45) is 1.39. The normalized spacial score (nSPS) is 9.29. The minimum atomic E-state index is -4.67. The Balaban J connectivity index is 0.000000292. The van der Waals surface area contributed by atoms with Gasteiger partial charge in [-0.05, 0) is 12.1 Å². The molecule has 1 aromatic carbocycles. The maximum atomic E-state index is 8.74. The molecule has 0 bridgehead atoms. The molecule has 0 radical (unpaired) electrons. The van der Waals surface area contributed by atoms with Crippen LogP contribution in [0.1, 0.15) is 5.56 Å². The molecule has 0 saturated heterocycles. The van der Waals surface area contributed by atoms with Crippen molar-refractivity contribution >= 4 is 16.6 Å². The fourth-order valence-electron chi connectivity index (χ4n) is 0.606. The van der Waals surface area contributed by atoms with Crippen LogP contribution in [0, 0.1) is 0 Å². The molecule has 0 unspecified atom stereocenters. The molecular formula is C7H8N2O4S. The third-order valence-electron chi connectivity index (χ3n) is 1.01. The number of hydrogen-bond acceptors (Lipinski definition) is 2. The van der Waals surface area contributed by atoms with Crippen LogP contribution in [0.15, 0.2) is 30.3 Å². The molecule has 2 N–H and O–H groups in total. The Morgan fingerprint density at radius 2 is 1.64 bits per heavy atom. The fourth-order valence-corrected chi connectivity index (χ4v) is 0.606. The lowest BCUT2D eigenvalue weighted by Crippen LogP contribution is -1.89. The lowest BCUT2D eigenvalue weighted by molar-refractivity contribution is 0.00456. The van der Waals surface area contributed by atoms with Crippen molar-refractivity contribution < 1.29 is 22.3 Å². The first kappa shape index (κ1) is 12.5. The van der Waals surface area contributed by atoms with Crippen molar-refractivity contribution in [1.29, 1.82) is 0 Å². The summed E-state index contributed by atoms with van der Waals surface area (Å²) in [5, 5.41) is 0. The summed E-state index contributed by atoms with van der Waals surface area (Å²) in [4.78, 5) is 2.88. The van der Waals surface area contributed by atoms with Crippen molar-refractivity contribution in [2.75, 3.05) is 0 Å². The van der Waals surface area contributed by atoms with Gasteiger partial charge in [0.25, 0.3) is 6.21 Å². The Hall–Kier alpha value is -1.53. The summed E-state index contributed by atoms with van der Waals surface area (Å²) in [6.45, 7) is 0. The molecule has 7 heteroatoms. The van der Waals surface area contributed by atoms with E-state index in [-0.39, 0.29) is 0 Å². The van der Waals surface area contributed by atoms with Gasteiger partial charge < -0.3 is 5.53 Å². The quantitative estimate of drug-likeness (QED) is 0.311. The molecular weight excluding hydrogens is 208 g/mol. The van der Waals surface area contributed by atoms with E-state index in [1.165, 1.54) is 6.21 Å². The molecule has 1 aromatic rings. The average molecular weight is 216 g/mol. The minimum absolute atomic E-state index is 0.903. The Morgan fingerprint density at radius 1 is 1.21 bits per heavy atom. The van der Waals surface area contributed by atoms with Crippen molar-refractivity contribution in [1.82, 2.24) is 0 Å². The van der Waals surface area contributed by atoms with Crippen LogP contribution in [0.4, 0.5) is 0 Å². The lowest BCUT2D eigenvalue weighted by Gasteiger charge is -1.79. The first-order chi connectivity index (χ1) is 6.43. The second-order valence-electron chi connectivity index (χ2n) is 2.10. The maximum Gasteiger partial charge on any atom is 0.394 e. The molecule has 0 aliphatic carbocycles. The molecule has 0 atom stereocenters. The summed E-state index contributed by atoms with van der Waals surface area (Å²) >= 11 is 0. The molecule has 0 aliphatic heterocycles. The molecule has 0 saturated carbocycles. The monoisotopic (exact) mass is 216 g/mol. The van der Waals surface area contributed by atoms with Gasteiger partial charge in [-0.2, -0.15) is 13.2 Å². The zero-order valence-electron chi connectivity index (χ0n) is 6.98. The van der Waals surface area contributed by atoms with Crippen molar-refractivity contribution in [3.8, 4) is 0 Å². The van der Waals surface area contributed by atoms with E-state index >= 15 is 0 Å². The van der Waals surface area contributed by atoms with Crippen LogP contribution in [0.2, 0.25) is 0 Å². The minimum Gasteiger partial charge on any atom is -0.361 e. The smallest absolute Gasteiger partial charge is 0.361 e. The van der Waals surface area contributed by atoms with Crippen molar-refractivity contribution in [3.05, 3.63) is 41.4 Å². The van der Waals surface area contributed by atoms with E-state index in [0.29, 0.717) is 0 Å². The number of nitrogens with zero attached hydrogens (tertiary/aromatic N) is 2. The van der Waals surface area contributed by atoms with Gasteiger partial charge in [-0.3, -0.25) is 9.11 Å². The molecule has 6 nitrogen and oxygen atoms in total. The Labute approximate surface area is 81.0 Å². The molecule has 0 heterocycles. The van der Waals surface area contributed by atoms with E-state index in [1.54, 1.807) is 0 Å². The standard InChI is InChI=1S/C7H6N2.H2O4S/c8-9-6-7-4-2-1-3-5-7;1-5(2,3)4/h1-6H;(H2,1,2,3,4). The molecule has 0 amide bonds. The van der Waals surface area contributed by atoms with E-state index in [1.807, 2.05) is 30.3 Å². The highest BCUT2D eigenvalue weighted by molar-refractivity contribution is 7.79. The second kappa shape index (κ2) is 6.01. The Morgan fingerprint density at radius 3 is 2.00 bits per heavy atom. The predicted octanol–water partition coefficient (Wildman–Crippen LogP) is 0.682. The first-order valence-electron chi connectivity index (χ1n) is 3.36. The highest BCUT2D eigenvalue weighted by Gasteiger charge is 1.85. The number of hydrogen-bond donors (Lipinski definition) is 2. The van der Waals surface area contributed by atoms with Gasteiger partial charge >= 0.3 is 10.4 Å². The van der Waals surface area contributed by atoms with Crippen molar-refractivity contribution in [2.45, 2.75) is 0 Å². The van der Waals surface area contributed by atoms with Gasteiger partial charge in [0, 0.05) is 0 Å². The summed E-state index contributed by atoms with van der Waals surface area (Å²) in [6, 6.07) is 9.40. The molecule has 0 spiro atoms. The van der Waals surface area contributed by atoms with Crippen LogP contribution < -0.4 is 0 Å². The summed E-state index contributed by atoms with van der Waals surface area (Å²) in [5.74, 6) is 0. The van der Waals surface area contributed by atoms with E-state index in [9.17, 15) is 0 Å². The SMILES string of the molecule is O=S(=O)(O)O.[N-]=[N+]=Cc1ccccc1. The van der Waals surface area contributed by atoms with Gasteiger partial charge in [-0.25, -0.2) is 0 Å². The van der Waals surface area contributed by atoms with Crippen molar-refractivity contribution in [2.24, 2.45) is 0 Å². The van der Waals surface area contributed by atoms with Crippen LogP contribution in [0.25, 0.3) is 5.53 Å². The van der Waals surface area contributed by atoms with Crippen LogP contribution >= 0.6 is 0 Å². The van der Waals surface area contributed by atoms with E-state index in [0.717, 1.165) is 5.56 Å². The van der Waals surface area contributed by atoms with Gasteiger partial charge in [0.1, 0.15) is 0 Å². The highest BCUT2D eigenvalue weighted by Crippen LogP contribution is 1.91. The van der Waals surface area contributed by atoms with E-state index < -0.39 is 10.4 Å². The molecule has 0 aromatic heterocycles. The van der Waals surface area contributed by atoms with Crippen molar-refractivity contribution in [3.63, 3.8) is 0 Å². The summed E-state index contributed by atoms with van der Waals surface area (Å²) in [7, 11) is -4.67. The van der Waals surface area contributed by atoms with Crippen LogP contribution in [0.5, 0.6) is 0 Å². The topological polar surface area (TPSA) is 111 Å². The fraction of sp³-hybridized carbons (Fsp3) is 0. The van der Waals surface area contributed by atoms with E-state index in [2.05, 4.69) is 4.79 Å². The number of benzene rings is 1. The number of rotatable bonds is 1. The molecule has 0 aliphatic rings. The van der Waals surface area contributed by atoms with Gasteiger partial charge in [-0.1, -0.05) is 18.2 Å². The summed E-state index contributed by atoms with van der Waals surface area (Å²) < 4.78 is 31.6. The van der Waals surface area contributed by atoms with Gasteiger partial charge in [0.15, 0.2) is 0 Å². The maximum absolute atomic E-state index is 8.74. The highest BCUT2D eigenvalue weighted by atomic mass is 32.3.